The summed E-state index contributed by atoms with van der Waals surface area (Å²) in [5, 5.41) is 7.36. The minimum atomic E-state index is -0.0236. The molecule has 0 saturated heterocycles. The zero-order valence-corrected chi connectivity index (χ0v) is 11.1. The monoisotopic (exact) mass is 250 g/mol. The highest BCUT2D eigenvalue weighted by Gasteiger charge is 2.26. The van der Waals surface area contributed by atoms with Crippen LogP contribution in [-0.4, -0.2) is 28.3 Å². The molecular formula is C13H22N4O. The molecule has 0 aliphatic heterocycles. The topological polar surface area (TPSA) is 72.9 Å². The molecule has 1 aliphatic rings. The Bertz CT molecular complexity index is 421. The van der Waals surface area contributed by atoms with E-state index in [1.54, 1.807) is 4.68 Å². The van der Waals surface area contributed by atoms with Crippen LogP contribution in [0.25, 0.3) is 0 Å². The number of nitrogens with zero attached hydrogens (tertiary/aromatic N) is 2. The van der Waals surface area contributed by atoms with Gasteiger partial charge in [-0.3, -0.25) is 9.48 Å². The third-order valence-corrected chi connectivity index (χ3v) is 3.55. The first kappa shape index (κ1) is 13.1. The second-order valence-corrected chi connectivity index (χ2v) is 5.00. The number of aromatic nitrogens is 2. The van der Waals surface area contributed by atoms with Crippen LogP contribution < -0.4 is 11.1 Å². The van der Waals surface area contributed by atoms with E-state index in [1.807, 2.05) is 19.9 Å². The molecule has 0 unspecified atom stereocenters. The summed E-state index contributed by atoms with van der Waals surface area (Å²) < 4.78 is 1.76. The molecule has 100 valence electrons. The molecule has 0 atom stereocenters. The zero-order valence-electron chi connectivity index (χ0n) is 11.1. The number of carbonyl (C=O) groups excluding carboxylic acids is 1. The van der Waals surface area contributed by atoms with Gasteiger partial charge in [0.1, 0.15) is 5.69 Å². The molecule has 3 N–H and O–H groups in total. The molecule has 0 bridgehead atoms. The highest BCUT2D eigenvalue weighted by atomic mass is 16.2. The lowest BCUT2D eigenvalue weighted by Crippen LogP contribution is -2.42. The molecule has 0 aromatic carbocycles. The molecule has 0 spiro atoms. The fourth-order valence-electron chi connectivity index (χ4n) is 2.35. The van der Waals surface area contributed by atoms with Crippen molar-refractivity contribution in [2.45, 2.75) is 45.7 Å². The number of nitrogens with two attached hydrogens (primary N) is 1. The Morgan fingerprint density at radius 2 is 2.28 bits per heavy atom. The minimum Gasteiger partial charge on any atom is -0.350 e. The van der Waals surface area contributed by atoms with Gasteiger partial charge >= 0.3 is 0 Å². The van der Waals surface area contributed by atoms with Gasteiger partial charge in [-0.05, 0) is 38.2 Å². The molecular weight excluding hydrogens is 228 g/mol. The lowest BCUT2D eigenvalue weighted by molar-refractivity contribution is 0.0924. The standard InChI is InChI=1S/C13H22N4O/c1-3-11-7-12(17(4-2)16-11)13(18)15-8-9-5-10(14)6-9/h7,9-10H,3-6,8,14H2,1-2H3,(H,15,18). The molecule has 1 aromatic rings. The molecule has 1 heterocycles. The number of carbonyl (C=O) groups is 1. The van der Waals surface area contributed by atoms with Gasteiger partial charge in [0.2, 0.25) is 0 Å². The van der Waals surface area contributed by atoms with Crippen molar-refractivity contribution in [2.75, 3.05) is 6.54 Å². The number of nitrogens with one attached hydrogen (secondary N) is 1. The molecule has 1 fully saturated rings. The van der Waals surface area contributed by atoms with Crippen molar-refractivity contribution >= 4 is 5.91 Å². The van der Waals surface area contributed by atoms with E-state index in [9.17, 15) is 4.79 Å². The normalized spacial score (nSPS) is 22.6. The van der Waals surface area contributed by atoms with E-state index in [1.165, 1.54) is 0 Å². The maximum atomic E-state index is 12.1. The average Bonchev–Trinajstić information content (AvgIpc) is 2.76. The maximum Gasteiger partial charge on any atom is 0.269 e. The molecule has 0 radical (unpaired) electrons. The summed E-state index contributed by atoms with van der Waals surface area (Å²) in [5.74, 6) is 0.525. The van der Waals surface area contributed by atoms with Crippen LogP contribution in [0.2, 0.25) is 0 Å². The molecule has 1 saturated carbocycles. The Balaban J connectivity index is 1.93. The Morgan fingerprint density at radius 3 is 2.83 bits per heavy atom. The average molecular weight is 250 g/mol. The number of hydrogen-bond acceptors (Lipinski definition) is 3. The van der Waals surface area contributed by atoms with E-state index in [2.05, 4.69) is 10.4 Å². The van der Waals surface area contributed by atoms with Crippen molar-refractivity contribution in [1.82, 2.24) is 15.1 Å². The van der Waals surface area contributed by atoms with E-state index < -0.39 is 0 Å². The van der Waals surface area contributed by atoms with Crippen LogP contribution in [0.4, 0.5) is 0 Å². The molecule has 5 heteroatoms. The number of aryl methyl sites for hydroxylation is 2. The highest BCUT2D eigenvalue weighted by molar-refractivity contribution is 5.92. The van der Waals surface area contributed by atoms with Crippen LogP contribution >= 0.6 is 0 Å². The Labute approximate surface area is 108 Å². The van der Waals surface area contributed by atoms with Gasteiger partial charge in [-0.15, -0.1) is 0 Å². The number of amides is 1. The van der Waals surface area contributed by atoms with Crippen LogP contribution in [0.15, 0.2) is 6.07 Å². The fraction of sp³-hybridized carbons (Fsp3) is 0.692. The van der Waals surface area contributed by atoms with Gasteiger partial charge < -0.3 is 11.1 Å². The Morgan fingerprint density at radius 1 is 1.56 bits per heavy atom. The predicted molar refractivity (Wildman–Crippen MR) is 70.3 cm³/mol. The lowest BCUT2D eigenvalue weighted by Gasteiger charge is -2.32. The van der Waals surface area contributed by atoms with Gasteiger partial charge in [-0.2, -0.15) is 5.10 Å². The first-order valence-corrected chi connectivity index (χ1v) is 6.74. The molecule has 5 nitrogen and oxygen atoms in total. The van der Waals surface area contributed by atoms with Crippen molar-refractivity contribution in [1.29, 1.82) is 0 Å². The molecule has 2 rings (SSSR count). The van der Waals surface area contributed by atoms with E-state index in [-0.39, 0.29) is 5.91 Å². The van der Waals surface area contributed by atoms with E-state index in [0.717, 1.165) is 38.0 Å². The first-order valence-electron chi connectivity index (χ1n) is 6.74. The predicted octanol–water partition coefficient (Wildman–Crippen LogP) is 0.932. The number of rotatable bonds is 5. The third kappa shape index (κ3) is 2.72. The second-order valence-electron chi connectivity index (χ2n) is 5.00. The fourth-order valence-corrected chi connectivity index (χ4v) is 2.35. The van der Waals surface area contributed by atoms with Gasteiger partial charge in [0.05, 0.1) is 5.69 Å². The molecule has 1 amide bonds. The van der Waals surface area contributed by atoms with E-state index in [4.69, 9.17) is 5.73 Å². The van der Waals surface area contributed by atoms with Crippen molar-refractivity contribution in [3.8, 4) is 0 Å². The summed E-state index contributed by atoms with van der Waals surface area (Å²) >= 11 is 0. The summed E-state index contributed by atoms with van der Waals surface area (Å²) in [4.78, 5) is 12.1. The second kappa shape index (κ2) is 5.52. The summed E-state index contributed by atoms with van der Waals surface area (Å²) in [6.07, 6.45) is 2.89. The van der Waals surface area contributed by atoms with Crippen molar-refractivity contribution < 1.29 is 4.79 Å². The van der Waals surface area contributed by atoms with Crippen LogP contribution in [0.1, 0.15) is 42.9 Å². The lowest BCUT2D eigenvalue weighted by atomic mass is 9.81. The number of hydrogen-bond donors (Lipinski definition) is 2. The van der Waals surface area contributed by atoms with Crippen LogP contribution in [0.5, 0.6) is 0 Å². The van der Waals surface area contributed by atoms with Gasteiger partial charge in [-0.25, -0.2) is 0 Å². The zero-order chi connectivity index (χ0) is 13.1. The molecule has 1 aliphatic carbocycles. The molecule has 18 heavy (non-hydrogen) atoms. The van der Waals surface area contributed by atoms with Crippen LogP contribution in [0.3, 0.4) is 0 Å². The highest BCUT2D eigenvalue weighted by Crippen LogP contribution is 2.24. The van der Waals surface area contributed by atoms with Crippen molar-refractivity contribution in [3.05, 3.63) is 17.5 Å². The van der Waals surface area contributed by atoms with Crippen LogP contribution in [-0.2, 0) is 13.0 Å². The van der Waals surface area contributed by atoms with Gasteiger partial charge in [-0.1, -0.05) is 6.92 Å². The quantitative estimate of drug-likeness (QED) is 0.816. The summed E-state index contributed by atoms with van der Waals surface area (Å²) in [5.41, 5.74) is 7.36. The minimum absolute atomic E-state index is 0.0236. The maximum absolute atomic E-state index is 12.1. The summed E-state index contributed by atoms with van der Waals surface area (Å²) in [7, 11) is 0. The summed E-state index contributed by atoms with van der Waals surface area (Å²) in [6.45, 7) is 5.48. The SMILES string of the molecule is CCc1cc(C(=O)NCC2CC(N)C2)n(CC)n1. The molecule has 1 aromatic heterocycles. The van der Waals surface area contributed by atoms with E-state index >= 15 is 0 Å². The largest absolute Gasteiger partial charge is 0.350 e. The Hall–Kier alpha value is -1.36. The smallest absolute Gasteiger partial charge is 0.269 e. The van der Waals surface area contributed by atoms with Crippen molar-refractivity contribution in [3.63, 3.8) is 0 Å². The summed E-state index contributed by atoms with van der Waals surface area (Å²) in [6, 6.07) is 2.21. The third-order valence-electron chi connectivity index (χ3n) is 3.55. The van der Waals surface area contributed by atoms with E-state index in [0.29, 0.717) is 17.7 Å². The van der Waals surface area contributed by atoms with Gasteiger partial charge in [0.25, 0.3) is 5.91 Å². The van der Waals surface area contributed by atoms with Gasteiger partial charge in [0.15, 0.2) is 0 Å². The van der Waals surface area contributed by atoms with Gasteiger partial charge in [0, 0.05) is 19.1 Å². The van der Waals surface area contributed by atoms with Crippen molar-refractivity contribution in [2.24, 2.45) is 11.7 Å². The van der Waals surface area contributed by atoms with Crippen LogP contribution in [0, 0.1) is 5.92 Å². The Kier molecular flexibility index (Phi) is 4.01. The first-order chi connectivity index (χ1) is 8.63.